The van der Waals surface area contributed by atoms with Gasteiger partial charge in [0.1, 0.15) is 28.6 Å². The van der Waals surface area contributed by atoms with Crippen molar-refractivity contribution >= 4 is 17.8 Å². The van der Waals surface area contributed by atoms with Gasteiger partial charge in [-0.05, 0) is 45.2 Å². The minimum atomic E-state index is -0.667. The Morgan fingerprint density at radius 1 is 1.17 bits per heavy atom. The molecule has 1 aliphatic heterocycles. The van der Waals surface area contributed by atoms with Crippen LogP contribution in [0.3, 0.4) is 0 Å². The molecule has 42 heavy (non-hydrogen) atoms. The molecule has 2 atom stereocenters. The fourth-order valence-electron chi connectivity index (χ4n) is 4.88. The number of furan rings is 1. The van der Waals surface area contributed by atoms with Gasteiger partial charge in [0.15, 0.2) is 5.82 Å². The lowest BCUT2D eigenvalue weighted by molar-refractivity contribution is 0.00594. The van der Waals surface area contributed by atoms with Crippen molar-refractivity contribution in [3.8, 4) is 0 Å². The first-order valence-corrected chi connectivity index (χ1v) is 14.4. The van der Waals surface area contributed by atoms with Gasteiger partial charge in [-0.1, -0.05) is 39.8 Å². The number of ether oxygens (including phenoxy) is 1. The third-order valence-corrected chi connectivity index (χ3v) is 6.79. The van der Waals surface area contributed by atoms with Crippen molar-refractivity contribution in [2.24, 2.45) is 5.92 Å². The van der Waals surface area contributed by atoms with Crippen molar-refractivity contribution in [3.63, 3.8) is 0 Å². The van der Waals surface area contributed by atoms with Gasteiger partial charge in [0, 0.05) is 37.2 Å². The Labute approximate surface area is 247 Å². The molecule has 0 saturated carbocycles. The Morgan fingerprint density at radius 2 is 1.93 bits per heavy atom. The van der Waals surface area contributed by atoms with E-state index in [-0.39, 0.29) is 29.2 Å². The number of piperidine rings is 1. The molecule has 0 bridgehead atoms. The Balaban J connectivity index is 1.69. The summed E-state index contributed by atoms with van der Waals surface area (Å²) in [5, 5.41) is 7.35. The molecule has 4 rings (SSSR count). The van der Waals surface area contributed by atoms with Crippen LogP contribution in [0.1, 0.15) is 95.5 Å². The van der Waals surface area contributed by atoms with E-state index in [4.69, 9.17) is 18.7 Å². The zero-order valence-electron chi connectivity index (χ0n) is 25.9. The molecular formula is C30H43N7O5. The lowest BCUT2D eigenvalue weighted by atomic mass is 9.91. The number of carbonyl (C=O) groups is 2. The van der Waals surface area contributed by atoms with Crippen LogP contribution in [0.4, 0.5) is 10.6 Å². The fraction of sp³-hybridized carbons (Fsp3) is 0.600. The van der Waals surface area contributed by atoms with Crippen LogP contribution in [0.15, 0.2) is 39.9 Å². The SMILES string of the molecule is CC(C)CN(C(=O)c1cnc(C(C)(C)C)nc1NCc1ccco1)C1C[C@@H](c2ncon2)CN(C(=O)OC(C)(C)C)C1. The predicted molar refractivity (Wildman–Crippen MR) is 156 cm³/mol. The summed E-state index contributed by atoms with van der Waals surface area (Å²) in [6.45, 7) is 17.1. The van der Waals surface area contributed by atoms with Crippen LogP contribution in [0.25, 0.3) is 0 Å². The molecule has 4 heterocycles. The van der Waals surface area contributed by atoms with Gasteiger partial charge in [-0.25, -0.2) is 14.8 Å². The van der Waals surface area contributed by atoms with E-state index < -0.39 is 11.7 Å². The van der Waals surface area contributed by atoms with Crippen molar-refractivity contribution in [2.45, 2.75) is 91.3 Å². The van der Waals surface area contributed by atoms with E-state index in [2.05, 4.69) is 34.3 Å². The van der Waals surface area contributed by atoms with E-state index in [1.807, 2.05) is 58.6 Å². The monoisotopic (exact) mass is 581 g/mol. The average Bonchev–Trinajstić information content (AvgIpc) is 3.63. The second kappa shape index (κ2) is 12.5. The van der Waals surface area contributed by atoms with Gasteiger partial charge in [-0.2, -0.15) is 4.98 Å². The van der Waals surface area contributed by atoms with Crippen LogP contribution in [0.5, 0.6) is 0 Å². The Kier molecular flexibility index (Phi) is 9.22. The molecule has 0 aliphatic carbocycles. The molecule has 3 aromatic heterocycles. The van der Waals surface area contributed by atoms with Crippen molar-refractivity contribution in [1.29, 1.82) is 0 Å². The summed E-state index contributed by atoms with van der Waals surface area (Å²) in [6, 6.07) is 3.33. The van der Waals surface area contributed by atoms with Crippen molar-refractivity contribution in [1.82, 2.24) is 29.9 Å². The molecule has 1 unspecified atom stereocenters. The summed E-state index contributed by atoms with van der Waals surface area (Å²) in [5.41, 5.74) is -0.643. The number of nitrogens with zero attached hydrogens (tertiary/aromatic N) is 6. The van der Waals surface area contributed by atoms with E-state index in [0.29, 0.717) is 61.4 Å². The smallest absolute Gasteiger partial charge is 0.410 e. The molecule has 228 valence electrons. The highest BCUT2D eigenvalue weighted by Gasteiger charge is 2.40. The molecule has 0 aromatic carbocycles. The lowest BCUT2D eigenvalue weighted by Gasteiger charge is -2.42. The highest BCUT2D eigenvalue weighted by molar-refractivity contribution is 5.98. The largest absolute Gasteiger partial charge is 0.467 e. The van der Waals surface area contributed by atoms with Gasteiger partial charge < -0.3 is 28.8 Å². The van der Waals surface area contributed by atoms with E-state index in [0.717, 1.165) is 0 Å². The summed E-state index contributed by atoms with van der Waals surface area (Å²) in [6.07, 6.45) is 4.58. The van der Waals surface area contributed by atoms with Crippen molar-refractivity contribution in [3.05, 3.63) is 54.0 Å². The molecule has 0 radical (unpaired) electrons. The number of hydrogen-bond acceptors (Lipinski definition) is 10. The van der Waals surface area contributed by atoms with Crippen molar-refractivity contribution in [2.75, 3.05) is 25.0 Å². The Bertz CT molecular complexity index is 1330. The average molecular weight is 582 g/mol. The van der Waals surface area contributed by atoms with Gasteiger partial charge in [0.25, 0.3) is 5.91 Å². The Morgan fingerprint density at radius 3 is 2.52 bits per heavy atom. The zero-order valence-corrected chi connectivity index (χ0v) is 25.9. The van der Waals surface area contributed by atoms with Crippen LogP contribution < -0.4 is 5.32 Å². The molecule has 2 amide bonds. The molecule has 1 N–H and O–H groups in total. The highest BCUT2D eigenvalue weighted by Crippen LogP contribution is 2.31. The summed E-state index contributed by atoms with van der Waals surface area (Å²) >= 11 is 0. The first-order chi connectivity index (χ1) is 19.7. The highest BCUT2D eigenvalue weighted by atomic mass is 16.6. The minimum absolute atomic E-state index is 0.156. The maximum Gasteiger partial charge on any atom is 0.410 e. The number of nitrogens with one attached hydrogen (secondary N) is 1. The number of amides is 2. The number of carbonyl (C=O) groups excluding carboxylic acids is 2. The van der Waals surface area contributed by atoms with Crippen LogP contribution in [-0.4, -0.2) is 73.2 Å². The third kappa shape index (κ3) is 7.86. The minimum Gasteiger partial charge on any atom is -0.467 e. The third-order valence-electron chi connectivity index (χ3n) is 6.79. The molecule has 0 spiro atoms. The van der Waals surface area contributed by atoms with E-state index in [9.17, 15) is 9.59 Å². The molecule has 1 saturated heterocycles. The fourth-order valence-corrected chi connectivity index (χ4v) is 4.88. The number of hydrogen-bond donors (Lipinski definition) is 1. The molecule has 3 aromatic rings. The summed E-state index contributed by atoms with van der Waals surface area (Å²) in [5.74, 6) is 1.93. The first-order valence-electron chi connectivity index (χ1n) is 14.4. The predicted octanol–water partition coefficient (Wildman–Crippen LogP) is 5.25. The van der Waals surface area contributed by atoms with E-state index >= 15 is 0 Å². The van der Waals surface area contributed by atoms with Crippen LogP contribution in [0, 0.1) is 5.92 Å². The molecule has 1 aliphatic rings. The second-order valence-electron chi connectivity index (χ2n) is 13.3. The van der Waals surface area contributed by atoms with Crippen LogP contribution in [0.2, 0.25) is 0 Å². The lowest BCUT2D eigenvalue weighted by Crippen LogP contribution is -2.55. The number of anilines is 1. The van der Waals surface area contributed by atoms with Gasteiger partial charge in [0.2, 0.25) is 6.39 Å². The maximum atomic E-state index is 14.4. The molecular weight excluding hydrogens is 538 g/mol. The van der Waals surface area contributed by atoms with E-state index in [1.165, 1.54) is 6.39 Å². The summed E-state index contributed by atoms with van der Waals surface area (Å²) < 4.78 is 16.2. The Hall–Kier alpha value is -3.96. The molecule has 12 nitrogen and oxygen atoms in total. The second-order valence-corrected chi connectivity index (χ2v) is 13.3. The zero-order chi connectivity index (χ0) is 30.7. The standard InChI is InChI=1S/C30H43N7O5/c1-19(2)15-37(21-12-20(24-33-18-41-35-24)16-36(17-21)28(39)42-30(6,7)8)26(38)23-14-32-27(29(3,4)5)34-25(23)31-13-22-10-9-11-40-22/h9-11,14,18-21H,12-13,15-17H2,1-8H3,(H,31,32,34)/t20-,21?/m1/s1. The quantitative estimate of drug-likeness (QED) is 0.375. The first kappa shape index (κ1) is 31.0. The van der Waals surface area contributed by atoms with Crippen LogP contribution in [-0.2, 0) is 16.7 Å². The van der Waals surface area contributed by atoms with E-state index in [1.54, 1.807) is 17.4 Å². The summed E-state index contributed by atoms with van der Waals surface area (Å²) in [4.78, 5) is 44.7. The van der Waals surface area contributed by atoms with Gasteiger partial charge in [-0.15, -0.1) is 0 Å². The van der Waals surface area contributed by atoms with Gasteiger partial charge in [-0.3, -0.25) is 4.79 Å². The molecule has 12 heteroatoms. The number of likely N-dealkylation sites (tertiary alicyclic amines) is 1. The maximum absolute atomic E-state index is 14.4. The number of aromatic nitrogens is 4. The normalized spacial score (nSPS) is 17.8. The van der Waals surface area contributed by atoms with Crippen LogP contribution >= 0.6 is 0 Å². The van der Waals surface area contributed by atoms with Crippen molar-refractivity contribution < 1.29 is 23.3 Å². The topological polar surface area (TPSA) is 140 Å². The van der Waals surface area contributed by atoms with Gasteiger partial charge >= 0.3 is 6.09 Å². The number of rotatable bonds is 8. The molecule has 1 fully saturated rings. The summed E-state index contributed by atoms with van der Waals surface area (Å²) in [7, 11) is 0. The van der Waals surface area contributed by atoms with Gasteiger partial charge in [0.05, 0.1) is 18.8 Å².